The van der Waals surface area contributed by atoms with Gasteiger partial charge >= 0.3 is 0 Å². The number of nitrogens with zero attached hydrogens (tertiary/aromatic N) is 1. The highest BCUT2D eigenvalue weighted by Gasteiger charge is 2.22. The van der Waals surface area contributed by atoms with Gasteiger partial charge in [0, 0.05) is 32.8 Å². The van der Waals surface area contributed by atoms with Crippen molar-refractivity contribution in [3.8, 4) is 0 Å². The first-order chi connectivity index (χ1) is 9.19. The van der Waals surface area contributed by atoms with Crippen molar-refractivity contribution < 1.29 is 9.53 Å². The number of thiophene rings is 1. The molecule has 2 heterocycles. The van der Waals surface area contributed by atoms with Crippen LogP contribution in [0.5, 0.6) is 0 Å². The second-order valence-corrected chi connectivity index (χ2v) is 7.02. The van der Waals surface area contributed by atoms with Gasteiger partial charge in [0.2, 0.25) is 5.91 Å². The predicted octanol–water partition coefficient (Wildman–Crippen LogP) is 2.24. The number of carbonyl (C=O) groups excluding carboxylic acids is 1. The Hall–Kier alpha value is -0.430. The van der Waals surface area contributed by atoms with Gasteiger partial charge in [-0.25, -0.2) is 0 Å². The van der Waals surface area contributed by atoms with Crippen molar-refractivity contribution in [3.05, 3.63) is 20.8 Å². The average molecular weight is 347 g/mol. The van der Waals surface area contributed by atoms with Crippen LogP contribution >= 0.6 is 27.3 Å². The van der Waals surface area contributed by atoms with Gasteiger partial charge in [-0.05, 0) is 45.8 Å². The predicted molar refractivity (Wildman–Crippen MR) is 80.3 cm³/mol. The summed E-state index contributed by atoms with van der Waals surface area (Å²) in [6.07, 6.45) is 2.03. The molecular formula is C13H19BrN2O2S. The smallest absolute Gasteiger partial charge is 0.248 e. The van der Waals surface area contributed by atoms with Crippen LogP contribution in [0.1, 0.15) is 18.4 Å². The standard InChI is InChI=1S/C13H19BrN2O2S/c1-18-8-13(17)16-4-2-11(3-5-16)15-7-10-6-12(14)19-9-10/h6,9,11,15H,2-5,7-8H2,1H3. The average Bonchev–Trinajstić information content (AvgIpc) is 2.83. The summed E-state index contributed by atoms with van der Waals surface area (Å²) < 4.78 is 6.05. The molecule has 6 heteroatoms. The fourth-order valence-corrected chi connectivity index (χ4v) is 3.46. The molecule has 0 unspecified atom stereocenters. The summed E-state index contributed by atoms with van der Waals surface area (Å²) in [6.45, 7) is 2.75. The van der Waals surface area contributed by atoms with Crippen molar-refractivity contribution in [1.29, 1.82) is 0 Å². The third-order valence-corrected chi connectivity index (χ3v) is 4.89. The maximum absolute atomic E-state index is 11.7. The number of carbonyl (C=O) groups is 1. The molecule has 19 heavy (non-hydrogen) atoms. The first kappa shape index (κ1) is 15.0. The first-order valence-corrected chi connectivity index (χ1v) is 8.09. The monoisotopic (exact) mass is 346 g/mol. The second-order valence-electron chi connectivity index (χ2n) is 4.73. The maximum atomic E-state index is 11.7. The summed E-state index contributed by atoms with van der Waals surface area (Å²) in [6, 6.07) is 2.65. The molecule has 0 aliphatic carbocycles. The molecule has 1 saturated heterocycles. The number of halogens is 1. The molecule has 0 bridgehead atoms. The van der Waals surface area contributed by atoms with Crippen LogP contribution in [0.25, 0.3) is 0 Å². The van der Waals surface area contributed by atoms with E-state index in [1.165, 1.54) is 9.35 Å². The Morgan fingerprint density at radius 2 is 2.32 bits per heavy atom. The lowest BCUT2D eigenvalue weighted by atomic mass is 10.0. The summed E-state index contributed by atoms with van der Waals surface area (Å²) in [5.74, 6) is 0.0997. The van der Waals surface area contributed by atoms with E-state index in [1.54, 1.807) is 18.4 Å². The minimum absolute atomic E-state index is 0.0997. The second kappa shape index (κ2) is 7.38. The first-order valence-electron chi connectivity index (χ1n) is 6.42. The van der Waals surface area contributed by atoms with Gasteiger partial charge in [0.05, 0.1) is 3.79 Å². The van der Waals surface area contributed by atoms with Gasteiger partial charge in [0.1, 0.15) is 6.61 Å². The van der Waals surface area contributed by atoms with E-state index in [1.807, 2.05) is 4.90 Å². The van der Waals surface area contributed by atoms with Gasteiger partial charge in [-0.1, -0.05) is 0 Å². The molecule has 1 aromatic heterocycles. The third kappa shape index (κ3) is 4.56. The highest BCUT2D eigenvalue weighted by atomic mass is 79.9. The normalized spacial score (nSPS) is 16.8. The van der Waals surface area contributed by atoms with Crippen LogP contribution in [0.15, 0.2) is 15.2 Å². The number of rotatable bonds is 5. The molecule has 0 spiro atoms. The Morgan fingerprint density at radius 1 is 1.58 bits per heavy atom. The molecule has 0 aromatic carbocycles. The van der Waals surface area contributed by atoms with E-state index in [4.69, 9.17) is 4.74 Å². The van der Waals surface area contributed by atoms with Crippen LogP contribution in [-0.2, 0) is 16.1 Å². The van der Waals surface area contributed by atoms with Gasteiger partial charge in [-0.2, -0.15) is 0 Å². The van der Waals surface area contributed by atoms with Crippen molar-refractivity contribution in [2.24, 2.45) is 0 Å². The van der Waals surface area contributed by atoms with Crippen LogP contribution < -0.4 is 5.32 Å². The number of hydrogen-bond donors (Lipinski definition) is 1. The zero-order valence-corrected chi connectivity index (χ0v) is 13.4. The molecular weight excluding hydrogens is 328 g/mol. The van der Waals surface area contributed by atoms with Crippen LogP contribution in [0.2, 0.25) is 0 Å². The van der Waals surface area contributed by atoms with E-state index in [2.05, 4.69) is 32.7 Å². The van der Waals surface area contributed by atoms with Gasteiger partial charge in [-0.3, -0.25) is 4.79 Å². The van der Waals surface area contributed by atoms with E-state index in [0.29, 0.717) is 6.04 Å². The molecule has 1 N–H and O–H groups in total. The van der Waals surface area contributed by atoms with Crippen molar-refractivity contribution in [2.45, 2.75) is 25.4 Å². The van der Waals surface area contributed by atoms with Gasteiger partial charge in [-0.15, -0.1) is 11.3 Å². The van der Waals surface area contributed by atoms with Crippen LogP contribution in [-0.4, -0.2) is 43.7 Å². The van der Waals surface area contributed by atoms with Gasteiger partial charge < -0.3 is 15.0 Å². The summed E-state index contributed by atoms with van der Waals surface area (Å²) in [5.41, 5.74) is 1.31. The van der Waals surface area contributed by atoms with Crippen molar-refractivity contribution >= 4 is 33.2 Å². The Labute approximate surface area is 126 Å². The molecule has 1 fully saturated rings. The number of amides is 1. The molecule has 1 aliphatic heterocycles. The topological polar surface area (TPSA) is 41.6 Å². The molecule has 1 aliphatic rings. The van der Waals surface area contributed by atoms with Crippen molar-refractivity contribution in [1.82, 2.24) is 10.2 Å². The highest BCUT2D eigenvalue weighted by Crippen LogP contribution is 2.21. The number of piperidine rings is 1. The van der Waals surface area contributed by atoms with E-state index >= 15 is 0 Å². The number of hydrogen-bond acceptors (Lipinski definition) is 4. The SMILES string of the molecule is COCC(=O)N1CCC(NCc2csc(Br)c2)CC1. The van der Waals surface area contributed by atoms with E-state index < -0.39 is 0 Å². The van der Waals surface area contributed by atoms with Gasteiger partial charge in [0.15, 0.2) is 0 Å². The number of likely N-dealkylation sites (tertiary alicyclic amines) is 1. The lowest BCUT2D eigenvalue weighted by Crippen LogP contribution is -2.45. The molecule has 2 rings (SSSR count). The Bertz CT molecular complexity index is 417. The summed E-state index contributed by atoms with van der Waals surface area (Å²) in [7, 11) is 1.56. The van der Waals surface area contributed by atoms with Crippen molar-refractivity contribution in [2.75, 3.05) is 26.8 Å². The van der Waals surface area contributed by atoms with Crippen LogP contribution in [0.3, 0.4) is 0 Å². The molecule has 106 valence electrons. The van der Waals surface area contributed by atoms with E-state index in [0.717, 1.165) is 32.5 Å². The number of methoxy groups -OCH3 is 1. The number of nitrogens with one attached hydrogen (secondary N) is 1. The Balaban J connectivity index is 1.70. The van der Waals surface area contributed by atoms with E-state index in [9.17, 15) is 4.79 Å². The molecule has 1 amide bonds. The molecule has 0 saturated carbocycles. The van der Waals surface area contributed by atoms with Gasteiger partial charge in [0.25, 0.3) is 0 Å². The zero-order valence-electron chi connectivity index (χ0n) is 11.0. The minimum atomic E-state index is 0.0997. The molecule has 0 atom stereocenters. The van der Waals surface area contributed by atoms with Crippen LogP contribution in [0, 0.1) is 0 Å². The molecule has 0 radical (unpaired) electrons. The quantitative estimate of drug-likeness (QED) is 0.888. The third-order valence-electron chi connectivity index (χ3n) is 3.33. The summed E-state index contributed by atoms with van der Waals surface area (Å²) in [5, 5.41) is 5.72. The van der Waals surface area contributed by atoms with Crippen LogP contribution in [0.4, 0.5) is 0 Å². The molecule has 4 nitrogen and oxygen atoms in total. The largest absolute Gasteiger partial charge is 0.375 e. The van der Waals surface area contributed by atoms with Crippen molar-refractivity contribution in [3.63, 3.8) is 0 Å². The minimum Gasteiger partial charge on any atom is -0.375 e. The number of ether oxygens (including phenoxy) is 1. The lowest BCUT2D eigenvalue weighted by molar-refractivity contribution is -0.136. The summed E-state index contributed by atoms with van der Waals surface area (Å²) >= 11 is 5.18. The Morgan fingerprint density at radius 3 is 2.89 bits per heavy atom. The fourth-order valence-electron chi connectivity index (χ4n) is 2.25. The lowest BCUT2D eigenvalue weighted by Gasteiger charge is -2.32. The summed E-state index contributed by atoms with van der Waals surface area (Å²) in [4.78, 5) is 13.6. The molecule has 1 aromatic rings. The van der Waals surface area contributed by atoms with E-state index in [-0.39, 0.29) is 12.5 Å². The zero-order chi connectivity index (χ0) is 13.7. The fraction of sp³-hybridized carbons (Fsp3) is 0.615. The Kier molecular flexibility index (Phi) is 5.81. The maximum Gasteiger partial charge on any atom is 0.248 e. The highest BCUT2D eigenvalue weighted by molar-refractivity contribution is 9.11.